The Morgan fingerprint density at radius 3 is 2.82 bits per heavy atom. The van der Waals surface area contributed by atoms with E-state index in [1.165, 1.54) is 0 Å². The van der Waals surface area contributed by atoms with Crippen molar-refractivity contribution in [2.24, 2.45) is 11.7 Å². The molecular weight excluding hydrogens is 214 g/mol. The zero-order valence-corrected chi connectivity index (χ0v) is 10.7. The molecule has 0 fully saturated rings. The summed E-state index contributed by atoms with van der Waals surface area (Å²) < 4.78 is 0. The van der Waals surface area contributed by atoms with Gasteiger partial charge >= 0.3 is 0 Å². The Morgan fingerprint density at radius 2 is 2.24 bits per heavy atom. The second-order valence-electron chi connectivity index (χ2n) is 4.72. The molecule has 4 nitrogen and oxygen atoms in total. The van der Waals surface area contributed by atoms with Gasteiger partial charge in [0.05, 0.1) is 18.3 Å². The predicted molar refractivity (Wildman–Crippen MR) is 68.3 cm³/mol. The minimum atomic E-state index is -0.431. The van der Waals surface area contributed by atoms with Crippen molar-refractivity contribution in [3.8, 4) is 0 Å². The van der Waals surface area contributed by atoms with E-state index in [9.17, 15) is 4.79 Å². The molecule has 0 aromatic carbocycles. The van der Waals surface area contributed by atoms with Gasteiger partial charge in [0.15, 0.2) is 0 Å². The summed E-state index contributed by atoms with van der Waals surface area (Å²) in [5, 5.41) is 2.82. The van der Waals surface area contributed by atoms with Crippen molar-refractivity contribution < 1.29 is 4.79 Å². The smallest absolute Gasteiger partial charge is 0.237 e. The molecule has 0 radical (unpaired) electrons. The number of carbonyl (C=O) groups is 1. The van der Waals surface area contributed by atoms with E-state index in [-0.39, 0.29) is 5.91 Å². The zero-order chi connectivity index (χ0) is 12.8. The highest BCUT2D eigenvalue weighted by Crippen LogP contribution is 2.04. The van der Waals surface area contributed by atoms with E-state index in [1.54, 1.807) is 6.20 Å². The van der Waals surface area contributed by atoms with Crippen LogP contribution in [0.5, 0.6) is 0 Å². The highest BCUT2D eigenvalue weighted by molar-refractivity contribution is 5.81. The van der Waals surface area contributed by atoms with Gasteiger partial charge in [-0.15, -0.1) is 0 Å². The van der Waals surface area contributed by atoms with Gasteiger partial charge in [-0.2, -0.15) is 0 Å². The molecule has 0 saturated carbocycles. The first-order valence-electron chi connectivity index (χ1n) is 5.94. The van der Waals surface area contributed by atoms with Crippen LogP contribution in [0, 0.1) is 12.8 Å². The number of nitrogens with zero attached hydrogens (tertiary/aromatic N) is 1. The number of hydrogen-bond acceptors (Lipinski definition) is 3. The van der Waals surface area contributed by atoms with Crippen molar-refractivity contribution in [2.75, 3.05) is 0 Å². The highest BCUT2D eigenvalue weighted by Gasteiger charge is 2.14. The van der Waals surface area contributed by atoms with Crippen LogP contribution < -0.4 is 11.1 Å². The van der Waals surface area contributed by atoms with Gasteiger partial charge in [0.1, 0.15) is 0 Å². The number of hydrogen-bond donors (Lipinski definition) is 2. The molecule has 0 aliphatic carbocycles. The fraction of sp³-hybridized carbons (Fsp3) is 0.538. The van der Waals surface area contributed by atoms with Crippen LogP contribution in [0.3, 0.4) is 0 Å². The van der Waals surface area contributed by atoms with Gasteiger partial charge < -0.3 is 11.1 Å². The van der Waals surface area contributed by atoms with Crippen LogP contribution in [-0.4, -0.2) is 16.9 Å². The molecule has 1 heterocycles. The van der Waals surface area contributed by atoms with Gasteiger partial charge in [0.2, 0.25) is 5.91 Å². The summed E-state index contributed by atoms with van der Waals surface area (Å²) in [7, 11) is 0. The van der Waals surface area contributed by atoms with Crippen molar-refractivity contribution in [1.29, 1.82) is 0 Å². The minimum absolute atomic E-state index is 0.108. The van der Waals surface area contributed by atoms with Gasteiger partial charge in [0.25, 0.3) is 0 Å². The zero-order valence-electron chi connectivity index (χ0n) is 10.7. The Labute approximate surface area is 103 Å². The fourth-order valence-corrected chi connectivity index (χ4v) is 1.62. The van der Waals surface area contributed by atoms with Gasteiger partial charge in [-0.05, 0) is 30.9 Å². The standard InChI is InChI=1S/C13H21N3O/c1-9(2)7-11(14)13(17)16-8-12-10(3)5-4-6-15-12/h4-6,9,11H,7-8,14H2,1-3H3,(H,16,17). The molecule has 1 unspecified atom stereocenters. The summed E-state index contributed by atoms with van der Waals surface area (Å²) in [5.41, 5.74) is 7.75. The first-order chi connectivity index (χ1) is 8.00. The topological polar surface area (TPSA) is 68.0 Å². The van der Waals surface area contributed by atoms with Crippen LogP contribution in [0.1, 0.15) is 31.5 Å². The summed E-state index contributed by atoms with van der Waals surface area (Å²) in [4.78, 5) is 15.9. The van der Waals surface area contributed by atoms with E-state index >= 15 is 0 Å². The molecule has 0 aliphatic heterocycles. The van der Waals surface area contributed by atoms with Gasteiger partial charge in [-0.1, -0.05) is 19.9 Å². The maximum absolute atomic E-state index is 11.7. The van der Waals surface area contributed by atoms with E-state index < -0.39 is 6.04 Å². The van der Waals surface area contributed by atoms with Crippen molar-refractivity contribution >= 4 is 5.91 Å². The summed E-state index contributed by atoms with van der Waals surface area (Å²) >= 11 is 0. The van der Waals surface area contributed by atoms with Crippen LogP contribution in [0.4, 0.5) is 0 Å². The normalized spacial score (nSPS) is 12.5. The Hall–Kier alpha value is -1.42. The van der Waals surface area contributed by atoms with Crippen molar-refractivity contribution in [2.45, 2.75) is 39.8 Å². The van der Waals surface area contributed by atoms with Crippen LogP contribution in [-0.2, 0) is 11.3 Å². The molecule has 0 aliphatic rings. The monoisotopic (exact) mass is 235 g/mol. The van der Waals surface area contributed by atoms with Crippen molar-refractivity contribution in [1.82, 2.24) is 10.3 Å². The SMILES string of the molecule is Cc1cccnc1CNC(=O)C(N)CC(C)C. The molecule has 0 spiro atoms. The van der Waals surface area contributed by atoms with E-state index in [4.69, 9.17) is 5.73 Å². The number of nitrogens with two attached hydrogens (primary N) is 1. The predicted octanol–water partition coefficient (Wildman–Crippen LogP) is 1.38. The molecule has 1 rings (SSSR count). The Kier molecular flexibility index (Phi) is 5.10. The quantitative estimate of drug-likeness (QED) is 0.810. The third kappa shape index (κ3) is 4.53. The third-order valence-electron chi connectivity index (χ3n) is 2.61. The third-order valence-corrected chi connectivity index (χ3v) is 2.61. The number of nitrogens with one attached hydrogen (secondary N) is 1. The Morgan fingerprint density at radius 1 is 1.53 bits per heavy atom. The number of rotatable bonds is 5. The number of pyridine rings is 1. The minimum Gasteiger partial charge on any atom is -0.349 e. The summed E-state index contributed by atoms with van der Waals surface area (Å²) in [6, 6.07) is 3.42. The van der Waals surface area contributed by atoms with E-state index in [0.29, 0.717) is 18.9 Å². The summed E-state index contributed by atoms with van der Waals surface area (Å²) in [6.45, 7) is 6.52. The van der Waals surface area contributed by atoms with Crippen LogP contribution in [0.25, 0.3) is 0 Å². The van der Waals surface area contributed by atoms with Gasteiger partial charge in [-0.3, -0.25) is 9.78 Å². The second kappa shape index (κ2) is 6.35. The molecule has 4 heteroatoms. The lowest BCUT2D eigenvalue weighted by Crippen LogP contribution is -2.41. The lowest BCUT2D eigenvalue weighted by molar-refractivity contribution is -0.122. The van der Waals surface area contributed by atoms with Crippen molar-refractivity contribution in [3.63, 3.8) is 0 Å². The molecular formula is C13H21N3O. The molecule has 1 aromatic heterocycles. The van der Waals surface area contributed by atoms with Crippen LogP contribution >= 0.6 is 0 Å². The lowest BCUT2D eigenvalue weighted by Gasteiger charge is -2.14. The molecule has 94 valence electrons. The number of carbonyl (C=O) groups excluding carboxylic acids is 1. The molecule has 1 atom stereocenters. The molecule has 0 saturated heterocycles. The number of amides is 1. The summed E-state index contributed by atoms with van der Waals surface area (Å²) in [6.07, 6.45) is 2.43. The average Bonchev–Trinajstić information content (AvgIpc) is 2.26. The first-order valence-corrected chi connectivity index (χ1v) is 5.94. The largest absolute Gasteiger partial charge is 0.349 e. The number of aryl methyl sites for hydroxylation is 1. The first kappa shape index (κ1) is 13.6. The van der Waals surface area contributed by atoms with E-state index in [2.05, 4.69) is 24.1 Å². The summed E-state index contributed by atoms with van der Waals surface area (Å²) in [5.74, 6) is 0.316. The second-order valence-corrected chi connectivity index (χ2v) is 4.72. The lowest BCUT2D eigenvalue weighted by atomic mass is 10.0. The molecule has 1 amide bonds. The number of aromatic nitrogens is 1. The maximum Gasteiger partial charge on any atom is 0.237 e. The fourth-order valence-electron chi connectivity index (χ4n) is 1.62. The van der Waals surface area contributed by atoms with Gasteiger partial charge in [0, 0.05) is 6.20 Å². The average molecular weight is 235 g/mol. The molecule has 1 aromatic rings. The van der Waals surface area contributed by atoms with Gasteiger partial charge in [-0.25, -0.2) is 0 Å². The highest BCUT2D eigenvalue weighted by atomic mass is 16.2. The molecule has 17 heavy (non-hydrogen) atoms. The molecule has 3 N–H and O–H groups in total. The van der Waals surface area contributed by atoms with Crippen LogP contribution in [0.15, 0.2) is 18.3 Å². The van der Waals surface area contributed by atoms with E-state index in [1.807, 2.05) is 19.1 Å². The Balaban J connectivity index is 2.46. The maximum atomic E-state index is 11.7. The molecule has 0 bridgehead atoms. The van der Waals surface area contributed by atoms with Crippen molar-refractivity contribution in [3.05, 3.63) is 29.6 Å². The van der Waals surface area contributed by atoms with E-state index in [0.717, 1.165) is 11.3 Å². The van der Waals surface area contributed by atoms with Crippen LogP contribution in [0.2, 0.25) is 0 Å². The Bertz CT molecular complexity index is 377.